The molecule has 1 heteroatoms. The molecule has 0 aromatic rings. The maximum absolute atomic E-state index is 9.03. The highest BCUT2D eigenvalue weighted by Gasteiger charge is 2.16. The summed E-state index contributed by atoms with van der Waals surface area (Å²) < 4.78 is 0. The molecule has 0 amide bonds. The maximum Gasteiger partial charge on any atom is 0.0572 e. The first-order chi connectivity index (χ1) is 4.33. The fraction of sp³-hybridized carbons (Fsp3) is 0.625. The van der Waals surface area contributed by atoms with Gasteiger partial charge in [-0.2, -0.15) is 0 Å². The van der Waals surface area contributed by atoms with E-state index >= 15 is 0 Å². The zero-order valence-electron chi connectivity index (χ0n) is 5.59. The van der Waals surface area contributed by atoms with Gasteiger partial charge in [-0.05, 0) is 31.6 Å². The van der Waals surface area contributed by atoms with Crippen molar-refractivity contribution in [3.63, 3.8) is 0 Å². The molecule has 1 saturated carbocycles. The minimum Gasteiger partial charge on any atom is -0.393 e. The van der Waals surface area contributed by atoms with Gasteiger partial charge in [0.25, 0.3) is 0 Å². The summed E-state index contributed by atoms with van der Waals surface area (Å²) in [7, 11) is 0. The van der Waals surface area contributed by atoms with Crippen molar-refractivity contribution < 1.29 is 5.11 Å². The lowest BCUT2D eigenvalue weighted by Gasteiger charge is -2.21. The van der Waals surface area contributed by atoms with Crippen molar-refractivity contribution in [3.05, 3.63) is 19.1 Å². The number of aliphatic hydroxyl groups is 1. The van der Waals surface area contributed by atoms with Crippen molar-refractivity contribution >= 4 is 0 Å². The van der Waals surface area contributed by atoms with E-state index in [0.717, 1.165) is 19.3 Å². The van der Waals surface area contributed by atoms with Crippen LogP contribution in [-0.4, -0.2) is 11.2 Å². The molecule has 1 aliphatic carbocycles. The van der Waals surface area contributed by atoms with Crippen molar-refractivity contribution in [1.29, 1.82) is 0 Å². The molecule has 0 heterocycles. The SMILES string of the molecule is C=CC1C[CH]C(O)CC1. The fourth-order valence-corrected chi connectivity index (χ4v) is 1.17. The Kier molecular flexibility index (Phi) is 2.29. The van der Waals surface area contributed by atoms with Gasteiger partial charge in [-0.3, -0.25) is 0 Å². The van der Waals surface area contributed by atoms with Gasteiger partial charge < -0.3 is 5.11 Å². The van der Waals surface area contributed by atoms with Crippen LogP contribution >= 0.6 is 0 Å². The van der Waals surface area contributed by atoms with Gasteiger partial charge >= 0.3 is 0 Å². The number of rotatable bonds is 1. The van der Waals surface area contributed by atoms with E-state index in [4.69, 9.17) is 5.11 Å². The van der Waals surface area contributed by atoms with Crippen LogP contribution in [0.2, 0.25) is 0 Å². The Hall–Kier alpha value is -0.300. The van der Waals surface area contributed by atoms with Gasteiger partial charge in [0, 0.05) is 0 Å². The zero-order chi connectivity index (χ0) is 6.69. The molecular weight excluding hydrogens is 112 g/mol. The Balaban J connectivity index is 2.26. The second-order valence-electron chi connectivity index (χ2n) is 2.61. The molecular formula is C8H13O. The van der Waals surface area contributed by atoms with Gasteiger partial charge in [0.05, 0.1) is 6.10 Å². The quantitative estimate of drug-likeness (QED) is 0.527. The lowest BCUT2D eigenvalue weighted by Crippen LogP contribution is -2.17. The monoisotopic (exact) mass is 125 g/mol. The second-order valence-corrected chi connectivity index (χ2v) is 2.61. The smallest absolute Gasteiger partial charge is 0.0572 e. The highest BCUT2D eigenvalue weighted by Crippen LogP contribution is 2.23. The largest absolute Gasteiger partial charge is 0.393 e. The van der Waals surface area contributed by atoms with E-state index in [1.54, 1.807) is 0 Å². The molecule has 0 bridgehead atoms. The highest BCUT2D eigenvalue weighted by molar-refractivity contribution is 4.92. The average Bonchev–Trinajstić information content (AvgIpc) is 1.90. The summed E-state index contributed by atoms with van der Waals surface area (Å²) in [4.78, 5) is 0. The van der Waals surface area contributed by atoms with Crippen LogP contribution in [-0.2, 0) is 0 Å². The summed E-state index contributed by atoms with van der Waals surface area (Å²) >= 11 is 0. The van der Waals surface area contributed by atoms with Crippen molar-refractivity contribution in [2.75, 3.05) is 0 Å². The van der Waals surface area contributed by atoms with Crippen molar-refractivity contribution in [2.24, 2.45) is 5.92 Å². The Bertz CT molecular complexity index is 90.7. The molecule has 1 nitrogen and oxygen atoms in total. The third kappa shape index (κ3) is 1.83. The predicted octanol–water partition coefficient (Wildman–Crippen LogP) is 1.54. The van der Waals surface area contributed by atoms with Gasteiger partial charge in [0.1, 0.15) is 0 Å². The third-order valence-corrected chi connectivity index (χ3v) is 1.88. The third-order valence-electron chi connectivity index (χ3n) is 1.88. The first-order valence-electron chi connectivity index (χ1n) is 3.47. The van der Waals surface area contributed by atoms with Crippen LogP contribution in [0.5, 0.6) is 0 Å². The lowest BCUT2D eigenvalue weighted by atomic mass is 9.88. The first-order valence-corrected chi connectivity index (χ1v) is 3.47. The van der Waals surface area contributed by atoms with Crippen LogP contribution in [0.1, 0.15) is 19.3 Å². The van der Waals surface area contributed by atoms with E-state index in [2.05, 4.69) is 6.58 Å². The maximum atomic E-state index is 9.03. The van der Waals surface area contributed by atoms with Crippen LogP contribution in [0.4, 0.5) is 0 Å². The average molecular weight is 125 g/mol. The molecule has 51 valence electrons. The molecule has 9 heavy (non-hydrogen) atoms. The molecule has 1 aliphatic rings. The van der Waals surface area contributed by atoms with Crippen LogP contribution in [0.25, 0.3) is 0 Å². The van der Waals surface area contributed by atoms with E-state index < -0.39 is 0 Å². The van der Waals surface area contributed by atoms with Gasteiger partial charge in [-0.1, -0.05) is 6.08 Å². The summed E-state index contributed by atoms with van der Waals surface area (Å²) in [6.07, 6.45) is 6.81. The summed E-state index contributed by atoms with van der Waals surface area (Å²) in [6, 6.07) is 0. The van der Waals surface area contributed by atoms with Crippen LogP contribution in [0, 0.1) is 12.3 Å². The topological polar surface area (TPSA) is 20.2 Å². The molecule has 1 radical (unpaired) electrons. The van der Waals surface area contributed by atoms with E-state index in [1.807, 2.05) is 12.5 Å². The second kappa shape index (κ2) is 3.02. The van der Waals surface area contributed by atoms with Gasteiger partial charge in [-0.25, -0.2) is 0 Å². The van der Waals surface area contributed by atoms with Crippen LogP contribution in [0.3, 0.4) is 0 Å². The van der Waals surface area contributed by atoms with Crippen molar-refractivity contribution in [1.82, 2.24) is 0 Å². The Morgan fingerprint density at radius 1 is 1.56 bits per heavy atom. The number of allylic oxidation sites excluding steroid dienone is 1. The number of hydrogen-bond acceptors (Lipinski definition) is 1. The van der Waals surface area contributed by atoms with Gasteiger partial charge in [0.2, 0.25) is 0 Å². The van der Waals surface area contributed by atoms with E-state index in [1.165, 1.54) is 0 Å². The van der Waals surface area contributed by atoms with Gasteiger partial charge in [0.15, 0.2) is 0 Å². The van der Waals surface area contributed by atoms with Crippen molar-refractivity contribution in [2.45, 2.75) is 25.4 Å². The van der Waals surface area contributed by atoms with E-state index in [9.17, 15) is 0 Å². The zero-order valence-corrected chi connectivity index (χ0v) is 5.59. The molecule has 1 N–H and O–H groups in total. The highest BCUT2D eigenvalue weighted by atomic mass is 16.3. The summed E-state index contributed by atoms with van der Waals surface area (Å²) in [6.45, 7) is 3.71. The lowest BCUT2D eigenvalue weighted by molar-refractivity contribution is 0.163. The minimum atomic E-state index is -0.152. The first kappa shape index (κ1) is 6.81. The van der Waals surface area contributed by atoms with Gasteiger partial charge in [-0.15, -0.1) is 6.58 Å². The van der Waals surface area contributed by atoms with Crippen LogP contribution < -0.4 is 0 Å². The molecule has 1 rings (SSSR count). The minimum absolute atomic E-state index is 0.152. The van der Waals surface area contributed by atoms with E-state index in [-0.39, 0.29) is 6.10 Å². The normalized spacial score (nSPS) is 36.1. The predicted molar refractivity (Wildman–Crippen MR) is 37.8 cm³/mol. The molecule has 0 spiro atoms. The Morgan fingerprint density at radius 2 is 2.33 bits per heavy atom. The van der Waals surface area contributed by atoms with Crippen molar-refractivity contribution in [3.8, 4) is 0 Å². The standard InChI is InChI=1S/C8H13O/c1-2-7-3-5-8(9)6-4-7/h2,5,7-9H,1,3-4,6H2. The molecule has 0 aliphatic heterocycles. The Morgan fingerprint density at radius 3 is 2.78 bits per heavy atom. The van der Waals surface area contributed by atoms with E-state index in [0.29, 0.717) is 5.92 Å². The molecule has 1 fully saturated rings. The summed E-state index contributed by atoms with van der Waals surface area (Å²) in [5, 5.41) is 9.03. The molecule has 0 aromatic heterocycles. The molecule has 2 unspecified atom stereocenters. The fourth-order valence-electron chi connectivity index (χ4n) is 1.17. The summed E-state index contributed by atoms with van der Waals surface area (Å²) in [5.41, 5.74) is 0. The Labute approximate surface area is 56.4 Å². The number of aliphatic hydroxyl groups excluding tert-OH is 1. The summed E-state index contributed by atoms with van der Waals surface area (Å²) in [5.74, 6) is 0.619. The van der Waals surface area contributed by atoms with Crippen LogP contribution in [0.15, 0.2) is 12.7 Å². The number of hydrogen-bond donors (Lipinski definition) is 1. The molecule has 0 aromatic carbocycles. The molecule has 2 atom stereocenters. The molecule has 0 saturated heterocycles.